The molecule has 1 aliphatic rings. The zero-order valence-corrected chi connectivity index (χ0v) is 20.9. The molecule has 0 aliphatic carbocycles. The van der Waals surface area contributed by atoms with Gasteiger partial charge in [-0.1, -0.05) is 18.2 Å². The standard InChI is InChI=1S/C27H27F3N6O2/c1-35-10-8-20(9-11-35)33-26(37)17-6-7-23(24(12-17)38-27(28,29)30)34-25-13-22-18(14-31-25)4-3-5-21(22)19-15-32-36(2)16-19/h3-7,12-16,20H,8-11H2,1-2H3,(H,31,34)(H,33,37). The zero-order chi connectivity index (χ0) is 26.9. The van der Waals surface area contributed by atoms with Crippen molar-refractivity contribution in [3.8, 4) is 16.9 Å². The quantitative estimate of drug-likeness (QED) is 0.365. The number of ether oxygens (including phenoxy) is 1. The Hall–Kier alpha value is -4.12. The van der Waals surface area contributed by atoms with Crippen LogP contribution >= 0.6 is 0 Å². The third kappa shape index (κ3) is 5.88. The minimum atomic E-state index is -4.94. The van der Waals surface area contributed by atoms with Crippen molar-refractivity contribution in [3.63, 3.8) is 0 Å². The van der Waals surface area contributed by atoms with E-state index < -0.39 is 18.0 Å². The SMILES string of the molecule is CN1CCC(NC(=O)c2ccc(Nc3cc4c(-c5cnn(C)c5)cccc4cn3)c(OC(F)(F)F)c2)CC1. The Bertz CT molecular complexity index is 1460. The predicted octanol–water partition coefficient (Wildman–Crippen LogP) is 5.10. The molecule has 0 bridgehead atoms. The monoisotopic (exact) mass is 524 g/mol. The highest BCUT2D eigenvalue weighted by Gasteiger charge is 2.33. The zero-order valence-electron chi connectivity index (χ0n) is 20.9. The van der Waals surface area contributed by atoms with Gasteiger partial charge in [0.05, 0.1) is 11.9 Å². The molecular formula is C27H27F3N6O2. The second-order valence-electron chi connectivity index (χ2n) is 9.43. The van der Waals surface area contributed by atoms with Crippen molar-refractivity contribution in [1.29, 1.82) is 0 Å². The Balaban J connectivity index is 1.43. The number of aryl methyl sites for hydroxylation is 1. The average Bonchev–Trinajstić information content (AvgIpc) is 3.31. The fourth-order valence-corrected chi connectivity index (χ4v) is 4.59. The largest absolute Gasteiger partial charge is 0.573 e. The van der Waals surface area contributed by atoms with Gasteiger partial charge in [0.15, 0.2) is 5.75 Å². The Morgan fingerprint density at radius 1 is 1.08 bits per heavy atom. The Labute approximate surface area is 217 Å². The first-order valence-corrected chi connectivity index (χ1v) is 12.2. The third-order valence-corrected chi connectivity index (χ3v) is 6.57. The molecule has 0 atom stereocenters. The number of carbonyl (C=O) groups excluding carboxylic acids is 1. The lowest BCUT2D eigenvalue weighted by Crippen LogP contribution is -2.43. The van der Waals surface area contributed by atoms with E-state index in [1.165, 1.54) is 12.1 Å². The van der Waals surface area contributed by atoms with Gasteiger partial charge in [-0.15, -0.1) is 13.2 Å². The number of halogens is 3. The molecule has 8 nitrogen and oxygen atoms in total. The molecule has 2 N–H and O–H groups in total. The summed E-state index contributed by atoms with van der Waals surface area (Å²) in [6.45, 7) is 1.69. The van der Waals surface area contributed by atoms with Gasteiger partial charge in [0, 0.05) is 42.0 Å². The number of likely N-dealkylation sites (tertiary alicyclic amines) is 1. The van der Waals surface area contributed by atoms with Crippen molar-refractivity contribution < 1.29 is 22.7 Å². The van der Waals surface area contributed by atoms with Crippen molar-refractivity contribution in [1.82, 2.24) is 25.0 Å². The van der Waals surface area contributed by atoms with Gasteiger partial charge in [0.2, 0.25) is 0 Å². The molecule has 1 aliphatic heterocycles. The number of amides is 1. The van der Waals surface area contributed by atoms with E-state index in [0.717, 1.165) is 53.9 Å². The first kappa shape index (κ1) is 25.5. The van der Waals surface area contributed by atoms with E-state index in [1.807, 2.05) is 38.5 Å². The summed E-state index contributed by atoms with van der Waals surface area (Å²) in [7, 11) is 3.83. The van der Waals surface area contributed by atoms with Crippen molar-refractivity contribution in [2.75, 3.05) is 25.5 Å². The number of hydrogen-bond donors (Lipinski definition) is 2. The summed E-state index contributed by atoms with van der Waals surface area (Å²) < 4.78 is 45.8. The molecule has 0 saturated carbocycles. The van der Waals surface area contributed by atoms with Gasteiger partial charge in [-0.2, -0.15) is 5.10 Å². The molecule has 2 aromatic carbocycles. The van der Waals surface area contributed by atoms with Crippen LogP contribution in [0.15, 0.2) is 61.1 Å². The maximum Gasteiger partial charge on any atom is 0.573 e. The summed E-state index contributed by atoms with van der Waals surface area (Å²) in [4.78, 5) is 19.3. The molecule has 0 radical (unpaired) electrons. The van der Waals surface area contributed by atoms with Gasteiger partial charge in [0.1, 0.15) is 5.82 Å². The molecule has 1 amide bonds. The van der Waals surface area contributed by atoms with Crippen LogP contribution in [0.3, 0.4) is 0 Å². The number of rotatable bonds is 6. The number of anilines is 2. The van der Waals surface area contributed by atoms with Gasteiger partial charge in [-0.25, -0.2) is 4.98 Å². The summed E-state index contributed by atoms with van der Waals surface area (Å²) >= 11 is 0. The normalized spacial score (nSPS) is 15.0. The number of aromatic nitrogens is 3. The van der Waals surface area contributed by atoms with Crippen LogP contribution in [0.5, 0.6) is 5.75 Å². The highest BCUT2D eigenvalue weighted by molar-refractivity contribution is 5.98. The fourth-order valence-electron chi connectivity index (χ4n) is 4.59. The van der Waals surface area contributed by atoms with E-state index in [-0.39, 0.29) is 17.3 Å². The minimum Gasteiger partial charge on any atom is -0.404 e. The number of carbonyl (C=O) groups is 1. The molecule has 38 heavy (non-hydrogen) atoms. The first-order chi connectivity index (χ1) is 18.1. The van der Waals surface area contributed by atoms with Crippen molar-refractivity contribution in [2.24, 2.45) is 7.05 Å². The van der Waals surface area contributed by atoms with E-state index in [1.54, 1.807) is 23.1 Å². The molecular weight excluding hydrogens is 497 g/mol. The van der Waals surface area contributed by atoms with Gasteiger partial charge >= 0.3 is 6.36 Å². The van der Waals surface area contributed by atoms with Gasteiger partial charge < -0.3 is 20.3 Å². The van der Waals surface area contributed by atoms with Crippen molar-refractivity contribution >= 4 is 28.2 Å². The van der Waals surface area contributed by atoms with E-state index in [2.05, 4.69) is 30.4 Å². The summed E-state index contributed by atoms with van der Waals surface area (Å²) in [6.07, 6.45) is 1.89. The molecule has 2 aromatic heterocycles. The number of nitrogens with zero attached hydrogens (tertiary/aromatic N) is 4. The maximum absolute atomic E-state index is 13.3. The number of benzene rings is 2. The number of pyridine rings is 1. The molecule has 1 saturated heterocycles. The second-order valence-corrected chi connectivity index (χ2v) is 9.43. The molecule has 5 rings (SSSR count). The third-order valence-electron chi connectivity index (χ3n) is 6.57. The Kier molecular flexibility index (Phi) is 6.94. The molecule has 0 unspecified atom stereocenters. The number of piperidine rings is 1. The summed E-state index contributed by atoms with van der Waals surface area (Å²) in [5.74, 6) is -0.636. The molecule has 0 spiro atoms. The van der Waals surface area contributed by atoms with Crippen LogP contribution < -0.4 is 15.4 Å². The van der Waals surface area contributed by atoms with Crippen LogP contribution in [0, 0.1) is 0 Å². The second kappa shape index (κ2) is 10.3. The minimum absolute atomic E-state index is 0.0284. The number of nitrogens with one attached hydrogen (secondary N) is 2. The highest BCUT2D eigenvalue weighted by Crippen LogP contribution is 2.35. The number of alkyl halides is 3. The predicted molar refractivity (Wildman–Crippen MR) is 138 cm³/mol. The van der Waals surface area contributed by atoms with Gasteiger partial charge in [-0.3, -0.25) is 9.48 Å². The van der Waals surface area contributed by atoms with Gasteiger partial charge in [0.25, 0.3) is 5.91 Å². The Morgan fingerprint density at radius 2 is 1.87 bits per heavy atom. The maximum atomic E-state index is 13.3. The van der Waals surface area contributed by atoms with Crippen LogP contribution in [0.1, 0.15) is 23.2 Å². The van der Waals surface area contributed by atoms with E-state index >= 15 is 0 Å². The van der Waals surface area contributed by atoms with Crippen LogP contribution in [0.2, 0.25) is 0 Å². The molecule has 3 heterocycles. The van der Waals surface area contributed by atoms with E-state index in [4.69, 9.17) is 0 Å². The molecule has 11 heteroatoms. The highest BCUT2D eigenvalue weighted by atomic mass is 19.4. The average molecular weight is 525 g/mol. The lowest BCUT2D eigenvalue weighted by Gasteiger charge is -2.29. The van der Waals surface area contributed by atoms with Crippen LogP contribution in [0.4, 0.5) is 24.7 Å². The lowest BCUT2D eigenvalue weighted by molar-refractivity contribution is -0.274. The van der Waals surface area contributed by atoms with Crippen molar-refractivity contribution in [2.45, 2.75) is 25.2 Å². The summed E-state index contributed by atoms with van der Waals surface area (Å²) in [6, 6.07) is 11.4. The van der Waals surface area contributed by atoms with Gasteiger partial charge in [-0.05, 0) is 68.2 Å². The Morgan fingerprint density at radius 3 is 2.58 bits per heavy atom. The van der Waals surface area contributed by atoms with Crippen molar-refractivity contribution in [3.05, 3.63) is 66.6 Å². The fraction of sp³-hybridized carbons (Fsp3) is 0.296. The van der Waals surface area contributed by atoms with Crippen LogP contribution in [0.25, 0.3) is 21.9 Å². The number of fused-ring (bicyclic) bond motifs is 1. The summed E-state index contributed by atoms with van der Waals surface area (Å²) in [5, 5.41) is 11.8. The lowest BCUT2D eigenvalue weighted by atomic mass is 10.0. The first-order valence-electron chi connectivity index (χ1n) is 12.2. The van der Waals surface area contributed by atoms with E-state index in [0.29, 0.717) is 5.82 Å². The van der Waals surface area contributed by atoms with E-state index in [9.17, 15) is 18.0 Å². The topological polar surface area (TPSA) is 84.3 Å². The van der Waals surface area contributed by atoms with Crippen LogP contribution in [-0.4, -0.2) is 58.1 Å². The number of hydrogen-bond acceptors (Lipinski definition) is 6. The molecule has 4 aromatic rings. The summed E-state index contributed by atoms with van der Waals surface area (Å²) in [5.41, 5.74) is 1.92. The molecule has 1 fully saturated rings. The smallest absolute Gasteiger partial charge is 0.404 e. The van der Waals surface area contributed by atoms with Crippen LogP contribution in [-0.2, 0) is 7.05 Å². The molecule has 198 valence electrons.